The third-order valence-corrected chi connectivity index (χ3v) is 4.29. The number of carbonyl (C=O) groups is 1. The van der Waals surface area contributed by atoms with Gasteiger partial charge in [0.15, 0.2) is 5.54 Å². The van der Waals surface area contributed by atoms with Crippen molar-refractivity contribution in [2.75, 3.05) is 40.4 Å². The molecule has 1 aromatic carbocycles. The lowest BCUT2D eigenvalue weighted by Gasteiger charge is -2.33. The number of likely N-dealkylation sites (N-methyl/N-ethyl adjacent to an activating group) is 1. The van der Waals surface area contributed by atoms with Crippen LogP contribution in [0.5, 0.6) is 0 Å². The van der Waals surface area contributed by atoms with Gasteiger partial charge in [-0.3, -0.25) is 0 Å². The maximum atomic E-state index is 11.9. The number of carboxylic acid groups (broad SMARTS) is 1. The zero-order valence-corrected chi connectivity index (χ0v) is 12.7. The number of likely N-dealkylation sites (tertiary alicyclic amines) is 1. The summed E-state index contributed by atoms with van der Waals surface area (Å²) in [4.78, 5) is 14.1. The van der Waals surface area contributed by atoms with Gasteiger partial charge >= 0.3 is 5.97 Å². The van der Waals surface area contributed by atoms with E-state index < -0.39 is 11.5 Å². The van der Waals surface area contributed by atoms with Crippen molar-refractivity contribution < 1.29 is 14.6 Å². The molecular weight excluding hydrogens is 268 g/mol. The molecule has 0 aromatic heterocycles. The van der Waals surface area contributed by atoms with E-state index in [0.29, 0.717) is 12.5 Å². The number of methoxy groups -OCH3 is 1. The minimum atomic E-state index is -1.07. The Morgan fingerprint density at radius 3 is 2.76 bits per heavy atom. The summed E-state index contributed by atoms with van der Waals surface area (Å²) >= 11 is 0. The van der Waals surface area contributed by atoms with Crippen LogP contribution >= 0.6 is 0 Å². The van der Waals surface area contributed by atoms with Crippen molar-refractivity contribution in [2.45, 2.75) is 12.0 Å². The van der Waals surface area contributed by atoms with E-state index in [0.717, 1.165) is 31.7 Å². The van der Waals surface area contributed by atoms with Gasteiger partial charge in [-0.05, 0) is 31.5 Å². The van der Waals surface area contributed by atoms with Gasteiger partial charge in [-0.2, -0.15) is 0 Å². The number of nitrogens with zero attached hydrogens (tertiary/aromatic N) is 1. The highest BCUT2D eigenvalue weighted by molar-refractivity contribution is 5.81. The Kier molecular flexibility index (Phi) is 5.33. The van der Waals surface area contributed by atoms with E-state index in [4.69, 9.17) is 4.74 Å². The summed E-state index contributed by atoms with van der Waals surface area (Å²) in [5, 5.41) is 12.8. The fourth-order valence-corrected chi connectivity index (χ4v) is 3.10. The van der Waals surface area contributed by atoms with Gasteiger partial charge in [-0.1, -0.05) is 30.3 Å². The third-order valence-electron chi connectivity index (χ3n) is 4.29. The number of hydrogen-bond acceptors (Lipinski definition) is 4. The molecule has 1 aliphatic rings. The summed E-state index contributed by atoms with van der Waals surface area (Å²) < 4.78 is 5.20. The number of rotatable bonds is 7. The highest BCUT2D eigenvalue weighted by Gasteiger charge is 2.41. The van der Waals surface area contributed by atoms with Gasteiger partial charge in [0, 0.05) is 20.2 Å². The van der Waals surface area contributed by atoms with E-state index in [-0.39, 0.29) is 0 Å². The van der Waals surface area contributed by atoms with Crippen molar-refractivity contribution in [1.82, 2.24) is 10.2 Å². The molecule has 0 bridgehead atoms. The van der Waals surface area contributed by atoms with Crippen LogP contribution in [0.1, 0.15) is 12.0 Å². The smallest absolute Gasteiger partial charge is 0.329 e. The Bertz CT molecular complexity index is 466. The van der Waals surface area contributed by atoms with Crippen LogP contribution in [0.15, 0.2) is 30.3 Å². The fraction of sp³-hybridized carbons (Fsp3) is 0.562. The molecule has 21 heavy (non-hydrogen) atoms. The molecular formula is C16H24N2O3. The molecule has 1 aliphatic heterocycles. The zero-order chi connectivity index (χ0) is 15.3. The second-order valence-electron chi connectivity index (χ2n) is 5.67. The molecule has 2 unspecified atom stereocenters. The first kappa shape index (κ1) is 15.9. The molecule has 0 radical (unpaired) electrons. The number of carboxylic acids is 1. The highest BCUT2D eigenvalue weighted by Crippen LogP contribution is 2.26. The van der Waals surface area contributed by atoms with Gasteiger partial charge < -0.3 is 20.1 Å². The lowest BCUT2D eigenvalue weighted by Crippen LogP contribution is -2.54. The normalized spacial score (nSPS) is 22.1. The molecule has 2 rings (SSSR count). The van der Waals surface area contributed by atoms with Crippen molar-refractivity contribution in [3.8, 4) is 0 Å². The lowest BCUT2D eigenvalue weighted by molar-refractivity contribution is -0.146. The molecule has 5 nitrogen and oxygen atoms in total. The summed E-state index contributed by atoms with van der Waals surface area (Å²) in [6, 6.07) is 9.39. The third kappa shape index (κ3) is 3.43. The van der Waals surface area contributed by atoms with Crippen LogP contribution < -0.4 is 5.32 Å². The van der Waals surface area contributed by atoms with Crippen LogP contribution in [0.2, 0.25) is 0 Å². The van der Waals surface area contributed by atoms with Gasteiger partial charge in [0.25, 0.3) is 0 Å². The van der Waals surface area contributed by atoms with E-state index >= 15 is 0 Å². The summed E-state index contributed by atoms with van der Waals surface area (Å²) in [5.74, 6) is -0.347. The van der Waals surface area contributed by atoms with Crippen LogP contribution in [0.4, 0.5) is 0 Å². The first-order valence-electron chi connectivity index (χ1n) is 7.31. The summed E-state index contributed by atoms with van der Waals surface area (Å²) in [6.07, 6.45) is 1.06. The van der Waals surface area contributed by atoms with Gasteiger partial charge in [0.1, 0.15) is 0 Å². The number of aliphatic carboxylic acids is 1. The SMILES string of the molecule is CNC(CN1CCC(COC)C1)(C(=O)O)c1ccccc1. The van der Waals surface area contributed by atoms with Gasteiger partial charge in [-0.25, -0.2) is 4.79 Å². The van der Waals surface area contributed by atoms with Gasteiger partial charge in [0.2, 0.25) is 0 Å². The molecule has 1 saturated heterocycles. The summed E-state index contributed by atoms with van der Waals surface area (Å²) in [6.45, 7) is 3.00. The first-order valence-corrected chi connectivity index (χ1v) is 7.31. The Morgan fingerprint density at radius 2 is 2.19 bits per heavy atom. The van der Waals surface area contributed by atoms with Crippen LogP contribution in [-0.4, -0.2) is 56.4 Å². The van der Waals surface area contributed by atoms with Gasteiger partial charge in [-0.15, -0.1) is 0 Å². The van der Waals surface area contributed by atoms with E-state index in [1.54, 1.807) is 14.2 Å². The van der Waals surface area contributed by atoms with Crippen LogP contribution in [0.25, 0.3) is 0 Å². The highest BCUT2D eigenvalue weighted by atomic mass is 16.5. The molecule has 1 aromatic rings. The average Bonchev–Trinajstić information content (AvgIpc) is 2.93. The van der Waals surface area contributed by atoms with E-state index in [1.165, 1.54) is 0 Å². The number of ether oxygens (including phenoxy) is 1. The van der Waals surface area contributed by atoms with E-state index in [2.05, 4.69) is 10.2 Å². The number of benzene rings is 1. The van der Waals surface area contributed by atoms with Crippen LogP contribution in [-0.2, 0) is 15.1 Å². The summed E-state index contributed by atoms with van der Waals surface area (Å²) in [5.41, 5.74) is -0.279. The predicted octanol–water partition coefficient (Wildman–Crippen LogP) is 1.15. The molecule has 116 valence electrons. The fourth-order valence-electron chi connectivity index (χ4n) is 3.10. The molecule has 2 atom stereocenters. The molecule has 0 saturated carbocycles. The largest absolute Gasteiger partial charge is 0.480 e. The monoisotopic (exact) mass is 292 g/mol. The first-order chi connectivity index (χ1) is 10.1. The van der Waals surface area contributed by atoms with Crippen molar-refractivity contribution in [2.24, 2.45) is 5.92 Å². The predicted molar refractivity (Wildman–Crippen MR) is 81.2 cm³/mol. The zero-order valence-electron chi connectivity index (χ0n) is 12.7. The molecule has 1 fully saturated rings. The Hall–Kier alpha value is -1.43. The Morgan fingerprint density at radius 1 is 1.48 bits per heavy atom. The molecule has 0 spiro atoms. The maximum Gasteiger partial charge on any atom is 0.329 e. The van der Waals surface area contributed by atoms with Crippen molar-refractivity contribution in [3.63, 3.8) is 0 Å². The second-order valence-corrected chi connectivity index (χ2v) is 5.67. The van der Waals surface area contributed by atoms with Crippen molar-refractivity contribution in [3.05, 3.63) is 35.9 Å². The molecule has 1 heterocycles. The van der Waals surface area contributed by atoms with E-state index in [1.807, 2.05) is 30.3 Å². The van der Waals surface area contributed by atoms with Crippen molar-refractivity contribution >= 4 is 5.97 Å². The minimum Gasteiger partial charge on any atom is -0.480 e. The van der Waals surface area contributed by atoms with Gasteiger partial charge in [0.05, 0.1) is 6.61 Å². The topological polar surface area (TPSA) is 61.8 Å². The number of hydrogen-bond donors (Lipinski definition) is 2. The summed E-state index contributed by atoms with van der Waals surface area (Å²) in [7, 11) is 3.42. The average molecular weight is 292 g/mol. The molecule has 5 heteroatoms. The minimum absolute atomic E-state index is 0.461. The number of nitrogens with one attached hydrogen (secondary N) is 1. The molecule has 2 N–H and O–H groups in total. The second kappa shape index (κ2) is 7.02. The Labute approximate surface area is 125 Å². The Balaban J connectivity index is 2.17. The van der Waals surface area contributed by atoms with Crippen LogP contribution in [0, 0.1) is 5.92 Å². The quantitative estimate of drug-likeness (QED) is 0.789. The van der Waals surface area contributed by atoms with Crippen molar-refractivity contribution in [1.29, 1.82) is 0 Å². The lowest BCUT2D eigenvalue weighted by atomic mass is 9.89. The van der Waals surface area contributed by atoms with Crippen LogP contribution in [0.3, 0.4) is 0 Å². The van der Waals surface area contributed by atoms with E-state index in [9.17, 15) is 9.90 Å². The molecule has 0 aliphatic carbocycles. The maximum absolute atomic E-state index is 11.9. The molecule has 0 amide bonds. The standard InChI is InChI=1S/C16H24N2O3/c1-17-16(15(19)20,14-6-4-3-5-7-14)12-18-9-8-13(10-18)11-21-2/h3-7,13,17H,8-12H2,1-2H3,(H,19,20).